The van der Waals surface area contributed by atoms with Crippen LogP contribution in [-0.2, 0) is 6.42 Å². The van der Waals surface area contributed by atoms with E-state index in [1.165, 1.54) is 29.3 Å². The lowest BCUT2D eigenvalue weighted by atomic mass is 10.0. The normalized spacial score (nSPS) is 12.3. The van der Waals surface area contributed by atoms with E-state index in [0.717, 1.165) is 19.4 Å². The van der Waals surface area contributed by atoms with Crippen LogP contribution in [-0.4, -0.2) is 12.6 Å². The molecule has 0 aliphatic rings. The first-order chi connectivity index (χ1) is 8.77. The first-order valence-corrected chi connectivity index (χ1v) is 7.65. The van der Waals surface area contributed by atoms with Gasteiger partial charge in [-0.1, -0.05) is 47.1 Å². The molecule has 0 fully saturated rings. The van der Waals surface area contributed by atoms with Crippen LogP contribution in [0.4, 0.5) is 0 Å². The van der Waals surface area contributed by atoms with E-state index in [1.54, 1.807) is 0 Å². The predicted octanol–water partition coefficient (Wildman–Crippen LogP) is 4.72. The van der Waals surface area contributed by atoms with Crippen molar-refractivity contribution in [3.63, 3.8) is 0 Å². The third kappa shape index (κ3) is 5.83. The molecule has 0 bridgehead atoms. The van der Waals surface area contributed by atoms with Crippen LogP contribution >= 0.6 is 15.9 Å². The molecule has 0 heterocycles. The van der Waals surface area contributed by atoms with Crippen LogP contribution in [0.3, 0.4) is 0 Å². The van der Waals surface area contributed by atoms with E-state index in [2.05, 4.69) is 59.0 Å². The topological polar surface area (TPSA) is 12.0 Å². The standard InChI is InChI=1S/C16H24BrN/c1-3-5-6-10-15(18-12-4-2)13-14-9-7-8-11-16(14)17/h3,7-9,11,15,18H,1,4-6,10,12-13H2,2H3. The average Bonchev–Trinajstić information content (AvgIpc) is 2.38. The summed E-state index contributed by atoms with van der Waals surface area (Å²) in [7, 11) is 0. The van der Waals surface area contributed by atoms with Crippen molar-refractivity contribution >= 4 is 15.9 Å². The van der Waals surface area contributed by atoms with Crippen molar-refractivity contribution in [2.75, 3.05) is 6.54 Å². The number of nitrogens with one attached hydrogen (secondary N) is 1. The molecule has 1 nitrogen and oxygen atoms in total. The Morgan fingerprint density at radius 2 is 2.17 bits per heavy atom. The summed E-state index contributed by atoms with van der Waals surface area (Å²) in [5.74, 6) is 0. The van der Waals surface area contributed by atoms with Gasteiger partial charge in [-0.05, 0) is 50.3 Å². The van der Waals surface area contributed by atoms with Crippen molar-refractivity contribution in [1.82, 2.24) is 5.32 Å². The Labute approximate surface area is 120 Å². The van der Waals surface area contributed by atoms with Gasteiger partial charge < -0.3 is 5.32 Å². The first-order valence-electron chi connectivity index (χ1n) is 6.85. The Morgan fingerprint density at radius 1 is 1.39 bits per heavy atom. The molecule has 0 saturated heterocycles. The fourth-order valence-corrected chi connectivity index (χ4v) is 2.51. The summed E-state index contributed by atoms with van der Waals surface area (Å²) in [6.45, 7) is 7.10. The summed E-state index contributed by atoms with van der Waals surface area (Å²) < 4.78 is 1.22. The molecule has 0 amide bonds. The second-order valence-electron chi connectivity index (χ2n) is 4.67. The van der Waals surface area contributed by atoms with Crippen LogP contribution in [0.2, 0.25) is 0 Å². The summed E-state index contributed by atoms with van der Waals surface area (Å²) in [6, 6.07) is 9.08. The molecule has 1 N–H and O–H groups in total. The molecule has 100 valence electrons. The summed E-state index contributed by atoms with van der Waals surface area (Å²) in [4.78, 5) is 0. The Kier molecular flexibility index (Phi) is 8.03. The lowest BCUT2D eigenvalue weighted by Crippen LogP contribution is -2.31. The van der Waals surface area contributed by atoms with Gasteiger partial charge in [0.2, 0.25) is 0 Å². The molecule has 0 aliphatic heterocycles. The molecular weight excluding hydrogens is 286 g/mol. The van der Waals surface area contributed by atoms with Crippen LogP contribution in [0, 0.1) is 0 Å². The van der Waals surface area contributed by atoms with Crippen LogP contribution < -0.4 is 5.32 Å². The summed E-state index contributed by atoms with van der Waals surface area (Å²) in [6.07, 6.45) is 7.84. The maximum atomic E-state index is 3.79. The quantitative estimate of drug-likeness (QED) is 0.514. The number of halogens is 1. The molecule has 1 atom stereocenters. The highest BCUT2D eigenvalue weighted by molar-refractivity contribution is 9.10. The molecule has 0 spiro atoms. The van der Waals surface area contributed by atoms with Gasteiger partial charge in [-0.3, -0.25) is 0 Å². The average molecular weight is 310 g/mol. The van der Waals surface area contributed by atoms with Crippen molar-refractivity contribution in [3.05, 3.63) is 47.0 Å². The molecule has 0 saturated carbocycles. The number of allylic oxidation sites excluding steroid dienone is 1. The molecule has 1 aromatic carbocycles. The molecule has 0 aliphatic carbocycles. The van der Waals surface area contributed by atoms with E-state index in [1.807, 2.05) is 6.08 Å². The van der Waals surface area contributed by atoms with Crippen LogP contribution in [0.5, 0.6) is 0 Å². The van der Waals surface area contributed by atoms with Gasteiger partial charge >= 0.3 is 0 Å². The fraction of sp³-hybridized carbons (Fsp3) is 0.500. The fourth-order valence-electron chi connectivity index (χ4n) is 2.06. The van der Waals surface area contributed by atoms with Crippen molar-refractivity contribution in [2.24, 2.45) is 0 Å². The third-order valence-electron chi connectivity index (χ3n) is 3.07. The molecule has 0 aromatic heterocycles. The summed E-state index contributed by atoms with van der Waals surface area (Å²) in [5.41, 5.74) is 1.39. The first kappa shape index (κ1) is 15.5. The Bertz CT molecular complexity index is 349. The van der Waals surface area contributed by atoms with Crippen molar-refractivity contribution < 1.29 is 0 Å². The van der Waals surface area contributed by atoms with Crippen LogP contribution in [0.1, 0.15) is 38.2 Å². The molecule has 0 radical (unpaired) electrons. The van der Waals surface area contributed by atoms with Gasteiger partial charge in [-0.25, -0.2) is 0 Å². The smallest absolute Gasteiger partial charge is 0.0207 e. The monoisotopic (exact) mass is 309 g/mol. The van der Waals surface area contributed by atoms with Gasteiger partial charge in [0.15, 0.2) is 0 Å². The summed E-state index contributed by atoms with van der Waals surface area (Å²) >= 11 is 3.63. The van der Waals surface area contributed by atoms with E-state index in [-0.39, 0.29) is 0 Å². The second-order valence-corrected chi connectivity index (χ2v) is 5.52. The van der Waals surface area contributed by atoms with Crippen molar-refractivity contribution in [1.29, 1.82) is 0 Å². The zero-order valence-electron chi connectivity index (χ0n) is 11.3. The van der Waals surface area contributed by atoms with E-state index in [9.17, 15) is 0 Å². The van der Waals surface area contributed by atoms with E-state index < -0.39 is 0 Å². The van der Waals surface area contributed by atoms with Gasteiger partial charge in [-0.2, -0.15) is 0 Å². The Balaban J connectivity index is 2.53. The van der Waals surface area contributed by atoms with Crippen LogP contribution in [0.15, 0.2) is 41.4 Å². The minimum Gasteiger partial charge on any atom is -0.314 e. The van der Waals surface area contributed by atoms with E-state index >= 15 is 0 Å². The number of rotatable bonds is 9. The Hall–Kier alpha value is -0.600. The number of hydrogen-bond acceptors (Lipinski definition) is 1. The minimum atomic E-state index is 0.573. The molecule has 1 unspecified atom stereocenters. The number of hydrogen-bond donors (Lipinski definition) is 1. The number of unbranched alkanes of at least 4 members (excludes halogenated alkanes) is 1. The zero-order chi connectivity index (χ0) is 13.2. The van der Waals surface area contributed by atoms with Gasteiger partial charge in [-0.15, -0.1) is 6.58 Å². The molecular formula is C16H24BrN. The maximum Gasteiger partial charge on any atom is 0.0207 e. The van der Waals surface area contributed by atoms with Crippen molar-refractivity contribution in [2.45, 2.75) is 45.1 Å². The lowest BCUT2D eigenvalue weighted by molar-refractivity contribution is 0.465. The largest absolute Gasteiger partial charge is 0.314 e. The van der Waals surface area contributed by atoms with Crippen molar-refractivity contribution in [3.8, 4) is 0 Å². The van der Waals surface area contributed by atoms with E-state index in [4.69, 9.17) is 0 Å². The number of benzene rings is 1. The highest BCUT2D eigenvalue weighted by atomic mass is 79.9. The molecule has 1 aromatic rings. The minimum absolute atomic E-state index is 0.573. The Morgan fingerprint density at radius 3 is 2.83 bits per heavy atom. The third-order valence-corrected chi connectivity index (χ3v) is 3.84. The highest BCUT2D eigenvalue weighted by Crippen LogP contribution is 2.19. The highest BCUT2D eigenvalue weighted by Gasteiger charge is 2.10. The lowest BCUT2D eigenvalue weighted by Gasteiger charge is -2.19. The van der Waals surface area contributed by atoms with Gasteiger partial charge in [0.1, 0.15) is 0 Å². The zero-order valence-corrected chi connectivity index (χ0v) is 12.9. The molecule has 2 heteroatoms. The van der Waals surface area contributed by atoms with E-state index in [0.29, 0.717) is 6.04 Å². The molecule has 18 heavy (non-hydrogen) atoms. The van der Waals surface area contributed by atoms with Gasteiger partial charge in [0.05, 0.1) is 0 Å². The SMILES string of the molecule is C=CCCCC(Cc1ccccc1Br)NCCC. The van der Waals surface area contributed by atoms with Crippen LogP contribution in [0.25, 0.3) is 0 Å². The van der Waals surface area contributed by atoms with Gasteiger partial charge in [0, 0.05) is 10.5 Å². The maximum absolute atomic E-state index is 3.79. The van der Waals surface area contributed by atoms with Gasteiger partial charge in [0.25, 0.3) is 0 Å². The molecule has 1 rings (SSSR count). The summed E-state index contributed by atoms with van der Waals surface area (Å²) in [5, 5.41) is 3.65. The second kappa shape index (κ2) is 9.35. The predicted molar refractivity (Wildman–Crippen MR) is 84.0 cm³/mol.